The van der Waals surface area contributed by atoms with Crippen molar-refractivity contribution in [1.29, 1.82) is 0 Å². The van der Waals surface area contributed by atoms with Gasteiger partial charge in [0.15, 0.2) is 11.6 Å². The molecule has 0 aliphatic rings. The van der Waals surface area contributed by atoms with Crippen molar-refractivity contribution < 1.29 is 0 Å². The predicted octanol–water partition coefficient (Wildman–Crippen LogP) is 6.85. The largest absolute Gasteiger partial charge is 0.213 e. The molecule has 5 rings (SSSR count). The van der Waals surface area contributed by atoms with Gasteiger partial charge in [0.1, 0.15) is 5.82 Å². The molecule has 0 saturated carbocycles. The van der Waals surface area contributed by atoms with E-state index in [1.165, 1.54) is 16.7 Å². The summed E-state index contributed by atoms with van der Waals surface area (Å²) >= 11 is 0. The molecule has 0 amide bonds. The van der Waals surface area contributed by atoms with E-state index in [1.807, 2.05) is 43.3 Å². The zero-order valence-electron chi connectivity index (χ0n) is 17.2. The van der Waals surface area contributed by atoms with Gasteiger partial charge in [0, 0.05) is 11.1 Å². The Morgan fingerprint density at radius 3 is 1.48 bits per heavy atom. The summed E-state index contributed by atoms with van der Waals surface area (Å²) < 4.78 is 0. The Bertz CT molecular complexity index is 1310. The third-order valence-electron chi connectivity index (χ3n) is 5.23. The van der Waals surface area contributed by atoms with Crippen LogP contribution < -0.4 is 0 Å². The minimum absolute atomic E-state index is 0.687. The summed E-state index contributed by atoms with van der Waals surface area (Å²) in [5, 5.41) is 0. The first-order chi connectivity index (χ1) is 15.3. The van der Waals surface area contributed by atoms with Gasteiger partial charge in [-0.2, -0.15) is 0 Å². The zero-order chi connectivity index (χ0) is 21.0. The van der Waals surface area contributed by atoms with E-state index < -0.39 is 0 Å². The van der Waals surface area contributed by atoms with Crippen molar-refractivity contribution in [1.82, 2.24) is 15.0 Å². The first-order valence-corrected chi connectivity index (χ1v) is 10.3. The molecule has 0 bridgehead atoms. The molecule has 0 saturated heterocycles. The Morgan fingerprint density at radius 1 is 0.387 bits per heavy atom. The van der Waals surface area contributed by atoms with E-state index >= 15 is 0 Å². The van der Waals surface area contributed by atoms with Crippen LogP contribution in [0.15, 0.2) is 109 Å². The third kappa shape index (κ3) is 4.12. The van der Waals surface area contributed by atoms with Gasteiger partial charge in [-0.1, -0.05) is 103 Å². The van der Waals surface area contributed by atoms with Crippen LogP contribution in [0.4, 0.5) is 0 Å². The maximum Gasteiger partial charge on any atom is 0.163 e. The number of hydrogen-bond acceptors (Lipinski definition) is 3. The molecular weight excluding hydrogens is 378 g/mol. The van der Waals surface area contributed by atoms with Crippen molar-refractivity contribution in [2.75, 3.05) is 0 Å². The van der Waals surface area contributed by atoms with Crippen LogP contribution in [-0.4, -0.2) is 15.0 Å². The number of aryl methyl sites for hydroxylation is 1. The Labute approximate surface area is 182 Å². The van der Waals surface area contributed by atoms with Gasteiger partial charge in [-0.3, -0.25) is 0 Å². The highest BCUT2D eigenvalue weighted by Crippen LogP contribution is 2.27. The highest BCUT2D eigenvalue weighted by Gasteiger charge is 2.10. The number of aromatic nitrogens is 3. The SMILES string of the molecule is Cc1nc(-c2ccc(-c3ccccc3)cc2)nc(-c2cccc(-c3ccccc3)c2)n1. The summed E-state index contributed by atoms with van der Waals surface area (Å²) in [5.41, 5.74) is 6.64. The lowest BCUT2D eigenvalue weighted by Crippen LogP contribution is -1.99. The average Bonchev–Trinajstić information content (AvgIpc) is 2.85. The molecule has 0 aliphatic heterocycles. The standard InChI is InChI=1S/C28H21N3/c1-20-29-27(24-17-15-23(16-18-24)21-9-4-2-5-10-21)31-28(30-20)26-14-8-13-25(19-26)22-11-6-3-7-12-22/h2-19H,1H3. The predicted molar refractivity (Wildman–Crippen MR) is 126 cm³/mol. The average molecular weight is 399 g/mol. The second kappa shape index (κ2) is 8.33. The fraction of sp³-hybridized carbons (Fsp3) is 0.0357. The Kier molecular flexibility index (Phi) is 5.07. The van der Waals surface area contributed by atoms with E-state index in [-0.39, 0.29) is 0 Å². The van der Waals surface area contributed by atoms with Crippen LogP contribution in [0.1, 0.15) is 5.82 Å². The van der Waals surface area contributed by atoms with Crippen LogP contribution in [0, 0.1) is 6.92 Å². The molecule has 31 heavy (non-hydrogen) atoms. The number of hydrogen-bond donors (Lipinski definition) is 0. The van der Waals surface area contributed by atoms with Crippen LogP contribution in [0.2, 0.25) is 0 Å². The van der Waals surface area contributed by atoms with E-state index in [2.05, 4.69) is 82.8 Å². The van der Waals surface area contributed by atoms with Crippen molar-refractivity contribution in [2.45, 2.75) is 6.92 Å². The Hall–Kier alpha value is -4.11. The second-order valence-electron chi connectivity index (χ2n) is 7.42. The highest BCUT2D eigenvalue weighted by atomic mass is 15.0. The van der Waals surface area contributed by atoms with Crippen molar-refractivity contribution in [3.8, 4) is 45.0 Å². The molecule has 0 spiro atoms. The molecule has 3 heteroatoms. The van der Waals surface area contributed by atoms with Crippen LogP contribution >= 0.6 is 0 Å². The van der Waals surface area contributed by atoms with Gasteiger partial charge in [-0.25, -0.2) is 15.0 Å². The highest BCUT2D eigenvalue weighted by molar-refractivity contribution is 5.72. The van der Waals surface area contributed by atoms with Crippen LogP contribution in [0.5, 0.6) is 0 Å². The maximum absolute atomic E-state index is 4.79. The van der Waals surface area contributed by atoms with E-state index in [0.29, 0.717) is 17.5 Å². The molecule has 1 aromatic heterocycles. The molecule has 0 fully saturated rings. The molecule has 5 aromatic rings. The topological polar surface area (TPSA) is 38.7 Å². The molecule has 3 nitrogen and oxygen atoms in total. The first kappa shape index (κ1) is 18.9. The van der Waals surface area contributed by atoms with Crippen molar-refractivity contribution >= 4 is 0 Å². The van der Waals surface area contributed by atoms with E-state index in [4.69, 9.17) is 4.98 Å². The quantitative estimate of drug-likeness (QED) is 0.332. The van der Waals surface area contributed by atoms with Crippen LogP contribution in [-0.2, 0) is 0 Å². The van der Waals surface area contributed by atoms with E-state index in [0.717, 1.165) is 16.7 Å². The van der Waals surface area contributed by atoms with Crippen molar-refractivity contribution in [2.24, 2.45) is 0 Å². The minimum Gasteiger partial charge on any atom is -0.213 e. The fourth-order valence-electron chi connectivity index (χ4n) is 3.65. The van der Waals surface area contributed by atoms with Gasteiger partial charge in [-0.05, 0) is 35.2 Å². The Morgan fingerprint density at radius 2 is 0.839 bits per heavy atom. The van der Waals surface area contributed by atoms with Gasteiger partial charge < -0.3 is 0 Å². The zero-order valence-corrected chi connectivity index (χ0v) is 17.2. The molecule has 1 heterocycles. The van der Waals surface area contributed by atoms with Gasteiger partial charge >= 0.3 is 0 Å². The van der Waals surface area contributed by atoms with Crippen LogP contribution in [0.3, 0.4) is 0 Å². The van der Waals surface area contributed by atoms with Gasteiger partial charge in [-0.15, -0.1) is 0 Å². The van der Waals surface area contributed by atoms with E-state index in [9.17, 15) is 0 Å². The normalized spacial score (nSPS) is 10.7. The minimum atomic E-state index is 0.687. The summed E-state index contributed by atoms with van der Waals surface area (Å²) in [6.07, 6.45) is 0. The lowest BCUT2D eigenvalue weighted by Gasteiger charge is -2.08. The van der Waals surface area contributed by atoms with E-state index in [1.54, 1.807) is 0 Å². The van der Waals surface area contributed by atoms with Gasteiger partial charge in [0.25, 0.3) is 0 Å². The molecule has 148 valence electrons. The number of nitrogens with zero attached hydrogens (tertiary/aromatic N) is 3. The molecular formula is C28H21N3. The fourth-order valence-corrected chi connectivity index (χ4v) is 3.65. The lowest BCUT2D eigenvalue weighted by atomic mass is 10.0. The summed E-state index contributed by atoms with van der Waals surface area (Å²) in [6, 6.07) is 37.4. The Balaban J connectivity index is 1.50. The summed E-state index contributed by atoms with van der Waals surface area (Å²) in [4.78, 5) is 14.0. The van der Waals surface area contributed by atoms with Crippen molar-refractivity contribution in [3.63, 3.8) is 0 Å². The summed E-state index contributed by atoms with van der Waals surface area (Å²) in [7, 11) is 0. The summed E-state index contributed by atoms with van der Waals surface area (Å²) in [6.45, 7) is 1.91. The first-order valence-electron chi connectivity index (χ1n) is 10.3. The lowest BCUT2D eigenvalue weighted by molar-refractivity contribution is 0.992. The van der Waals surface area contributed by atoms with Gasteiger partial charge in [0.05, 0.1) is 0 Å². The van der Waals surface area contributed by atoms with Gasteiger partial charge in [0.2, 0.25) is 0 Å². The summed E-state index contributed by atoms with van der Waals surface area (Å²) in [5.74, 6) is 2.08. The molecule has 0 radical (unpaired) electrons. The van der Waals surface area contributed by atoms with Crippen molar-refractivity contribution in [3.05, 3.63) is 115 Å². The molecule has 0 aliphatic carbocycles. The monoisotopic (exact) mass is 399 g/mol. The van der Waals surface area contributed by atoms with Crippen LogP contribution in [0.25, 0.3) is 45.0 Å². The maximum atomic E-state index is 4.79. The second-order valence-corrected chi connectivity index (χ2v) is 7.42. The molecule has 0 N–H and O–H groups in total. The third-order valence-corrected chi connectivity index (χ3v) is 5.23. The number of rotatable bonds is 4. The smallest absolute Gasteiger partial charge is 0.163 e. The molecule has 0 atom stereocenters. The number of benzene rings is 4. The molecule has 4 aromatic carbocycles. The molecule has 0 unspecified atom stereocenters.